The number of halogens is 1. The highest BCUT2D eigenvalue weighted by Gasteiger charge is 2.04. The lowest BCUT2D eigenvalue weighted by Crippen LogP contribution is -1.87. The summed E-state index contributed by atoms with van der Waals surface area (Å²) in [6, 6.07) is 25.0. The highest BCUT2D eigenvalue weighted by atomic mass is 35.5. The van der Waals surface area contributed by atoms with E-state index in [4.69, 9.17) is 16.7 Å². The zero-order chi connectivity index (χ0) is 19.1. The number of aromatic nitrogens is 2. The van der Waals surface area contributed by atoms with Crippen LogP contribution in [0.2, 0.25) is 5.02 Å². The number of rotatable bonds is 2. The first-order valence-corrected chi connectivity index (χ1v) is 8.89. The summed E-state index contributed by atoms with van der Waals surface area (Å²) in [5.74, 6) is 0.133. The highest BCUT2D eigenvalue weighted by Crippen LogP contribution is 2.25. The van der Waals surface area contributed by atoms with Crippen molar-refractivity contribution in [2.24, 2.45) is 0 Å². The van der Waals surface area contributed by atoms with Crippen LogP contribution in [0.3, 0.4) is 0 Å². The van der Waals surface area contributed by atoms with Gasteiger partial charge in [0, 0.05) is 23.5 Å². The molecular formula is C23H19ClN2O. The molecular weight excluding hydrogens is 356 g/mol. The van der Waals surface area contributed by atoms with Crippen molar-refractivity contribution < 1.29 is 5.11 Å². The molecule has 134 valence electrons. The molecule has 0 bridgehead atoms. The predicted molar refractivity (Wildman–Crippen MR) is 111 cm³/mol. The Kier molecular flexibility index (Phi) is 6.18. The van der Waals surface area contributed by atoms with Crippen molar-refractivity contribution in [2.45, 2.75) is 6.92 Å². The standard InChI is InChI=1S/C17H14N2.C6H5ClO/c1-13-10-14(16-6-2-4-8-18-16)12-15(11-13)17-7-3-5-9-19-17;7-5-3-1-2-4-6(5)8/h2-12H,1H3;1-4,8H. The Bertz CT molecular complexity index is 926. The minimum absolute atomic E-state index is 0.133. The second-order valence-electron chi connectivity index (χ2n) is 5.97. The van der Waals surface area contributed by atoms with Crippen molar-refractivity contribution in [3.05, 3.63) is 102 Å². The Morgan fingerprint density at radius 3 is 1.63 bits per heavy atom. The van der Waals surface area contributed by atoms with Crippen LogP contribution in [-0.2, 0) is 0 Å². The second kappa shape index (κ2) is 8.97. The minimum atomic E-state index is 0.133. The number of pyridine rings is 2. The summed E-state index contributed by atoms with van der Waals surface area (Å²) in [5, 5.41) is 9.18. The van der Waals surface area contributed by atoms with Crippen LogP contribution in [0.5, 0.6) is 5.75 Å². The van der Waals surface area contributed by atoms with E-state index in [9.17, 15) is 0 Å². The van der Waals surface area contributed by atoms with Gasteiger partial charge in [-0.15, -0.1) is 0 Å². The summed E-state index contributed by atoms with van der Waals surface area (Å²) >= 11 is 5.46. The number of aromatic hydroxyl groups is 1. The predicted octanol–water partition coefficient (Wildman–Crippen LogP) is 6.16. The largest absolute Gasteiger partial charge is 0.506 e. The summed E-state index contributed by atoms with van der Waals surface area (Å²) in [6.45, 7) is 2.10. The maximum absolute atomic E-state index is 8.79. The first-order chi connectivity index (χ1) is 13.1. The number of benzene rings is 2. The molecule has 0 amide bonds. The number of phenolic OH excluding ortho intramolecular Hbond substituents is 1. The summed E-state index contributed by atoms with van der Waals surface area (Å²) < 4.78 is 0. The molecule has 3 nitrogen and oxygen atoms in total. The number of nitrogens with zero attached hydrogens (tertiary/aromatic N) is 2. The third kappa shape index (κ3) is 5.16. The number of hydrogen-bond acceptors (Lipinski definition) is 3. The fourth-order valence-electron chi connectivity index (χ4n) is 2.60. The average Bonchev–Trinajstić information content (AvgIpc) is 2.72. The van der Waals surface area contributed by atoms with Gasteiger partial charge in [-0.25, -0.2) is 0 Å². The van der Waals surface area contributed by atoms with Crippen LogP contribution >= 0.6 is 11.6 Å². The topological polar surface area (TPSA) is 46.0 Å². The smallest absolute Gasteiger partial charge is 0.134 e. The first kappa shape index (κ1) is 18.6. The summed E-state index contributed by atoms with van der Waals surface area (Å²) in [7, 11) is 0. The molecule has 0 aliphatic carbocycles. The molecule has 0 atom stereocenters. The van der Waals surface area contributed by atoms with E-state index in [0.717, 1.165) is 22.5 Å². The highest BCUT2D eigenvalue weighted by molar-refractivity contribution is 6.31. The molecule has 0 radical (unpaired) electrons. The van der Waals surface area contributed by atoms with Gasteiger partial charge in [0.2, 0.25) is 0 Å². The SMILES string of the molecule is Cc1cc(-c2ccccn2)cc(-c2ccccn2)c1.Oc1ccccc1Cl. The molecule has 0 aliphatic rings. The number of hydrogen-bond donors (Lipinski definition) is 1. The van der Waals surface area contributed by atoms with Crippen molar-refractivity contribution in [2.75, 3.05) is 0 Å². The summed E-state index contributed by atoms with van der Waals surface area (Å²) in [4.78, 5) is 8.81. The minimum Gasteiger partial charge on any atom is -0.506 e. The molecule has 0 saturated carbocycles. The van der Waals surface area contributed by atoms with E-state index < -0.39 is 0 Å². The Morgan fingerprint density at radius 2 is 1.22 bits per heavy atom. The quantitative estimate of drug-likeness (QED) is 0.456. The molecule has 2 aromatic carbocycles. The molecule has 1 N–H and O–H groups in total. The van der Waals surface area contributed by atoms with Crippen LogP contribution in [0.25, 0.3) is 22.5 Å². The molecule has 4 aromatic rings. The van der Waals surface area contributed by atoms with E-state index in [2.05, 4.69) is 35.1 Å². The number of para-hydroxylation sites is 1. The van der Waals surface area contributed by atoms with Crippen molar-refractivity contribution in [3.8, 4) is 28.3 Å². The summed E-state index contributed by atoms with van der Waals surface area (Å²) in [5.41, 5.74) is 5.44. The van der Waals surface area contributed by atoms with E-state index in [-0.39, 0.29) is 5.75 Å². The number of phenols is 1. The fraction of sp³-hybridized carbons (Fsp3) is 0.0435. The second-order valence-corrected chi connectivity index (χ2v) is 6.38. The van der Waals surface area contributed by atoms with E-state index in [1.807, 2.05) is 48.8 Å². The Hall–Kier alpha value is -3.17. The first-order valence-electron chi connectivity index (χ1n) is 8.51. The van der Waals surface area contributed by atoms with Gasteiger partial charge < -0.3 is 5.11 Å². The lowest BCUT2D eigenvalue weighted by molar-refractivity contribution is 0.475. The Labute approximate surface area is 164 Å². The maximum Gasteiger partial charge on any atom is 0.134 e. The van der Waals surface area contributed by atoms with Crippen LogP contribution in [0.4, 0.5) is 0 Å². The third-order valence-electron chi connectivity index (χ3n) is 3.85. The molecule has 0 aliphatic heterocycles. The van der Waals surface area contributed by atoms with Crippen molar-refractivity contribution >= 4 is 11.6 Å². The molecule has 4 heteroatoms. The van der Waals surface area contributed by atoms with E-state index in [1.165, 1.54) is 5.56 Å². The summed E-state index contributed by atoms with van der Waals surface area (Å²) in [6.07, 6.45) is 3.64. The lowest BCUT2D eigenvalue weighted by Gasteiger charge is -2.07. The molecule has 4 rings (SSSR count). The molecule has 2 aromatic heterocycles. The van der Waals surface area contributed by atoms with E-state index >= 15 is 0 Å². The van der Waals surface area contributed by atoms with Gasteiger partial charge in [0.1, 0.15) is 5.75 Å². The molecule has 0 saturated heterocycles. The van der Waals surface area contributed by atoms with Gasteiger partial charge in [-0.1, -0.05) is 35.9 Å². The van der Waals surface area contributed by atoms with Crippen molar-refractivity contribution in [3.63, 3.8) is 0 Å². The molecule has 0 spiro atoms. The van der Waals surface area contributed by atoms with Crippen molar-refractivity contribution in [1.82, 2.24) is 9.97 Å². The average molecular weight is 375 g/mol. The Balaban J connectivity index is 0.000000221. The van der Waals surface area contributed by atoms with E-state index in [1.54, 1.807) is 24.3 Å². The van der Waals surface area contributed by atoms with Crippen LogP contribution in [0.1, 0.15) is 5.56 Å². The fourth-order valence-corrected chi connectivity index (χ4v) is 2.73. The van der Waals surface area contributed by atoms with E-state index in [0.29, 0.717) is 5.02 Å². The third-order valence-corrected chi connectivity index (χ3v) is 4.17. The van der Waals surface area contributed by atoms with Gasteiger partial charge >= 0.3 is 0 Å². The maximum atomic E-state index is 8.79. The zero-order valence-electron chi connectivity index (χ0n) is 14.9. The molecule has 27 heavy (non-hydrogen) atoms. The van der Waals surface area contributed by atoms with Crippen molar-refractivity contribution in [1.29, 1.82) is 0 Å². The van der Waals surface area contributed by atoms with Gasteiger partial charge in [-0.05, 0) is 67.1 Å². The molecule has 0 unspecified atom stereocenters. The normalized spacial score (nSPS) is 10.0. The van der Waals surface area contributed by atoms with Crippen LogP contribution < -0.4 is 0 Å². The lowest BCUT2D eigenvalue weighted by atomic mass is 10.0. The van der Waals surface area contributed by atoms with Crippen LogP contribution in [-0.4, -0.2) is 15.1 Å². The molecule has 2 heterocycles. The monoisotopic (exact) mass is 374 g/mol. The Morgan fingerprint density at radius 1 is 0.704 bits per heavy atom. The number of aryl methyl sites for hydroxylation is 1. The van der Waals surface area contributed by atoms with Crippen LogP contribution in [0.15, 0.2) is 91.3 Å². The van der Waals surface area contributed by atoms with Gasteiger partial charge in [0.15, 0.2) is 0 Å². The van der Waals surface area contributed by atoms with Gasteiger partial charge in [-0.2, -0.15) is 0 Å². The van der Waals surface area contributed by atoms with Gasteiger partial charge in [-0.3, -0.25) is 9.97 Å². The van der Waals surface area contributed by atoms with Gasteiger partial charge in [0.25, 0.3) is 0 Å². The molecule has 0 fully saturated rings. The van der Waals surface area contributed by atoms with Crippen LogP contribution in [0, 0.1) is 6.92 Å². The van der Waals surface area contributed by atoms with Gasteiger partial charge in [0.05, 0.1) is 16.4 Å². The zero-order valence-corrected chi connectivity index (χ0v) is 15.6.